The topological polar surface area (TPSA) is 40.5 Å². The van der Waals surface area contributed by atoms with Crippen molar-refractivity contribution in [1.29, 1.82) is 0 Å². The third-order valence-corrected chi connectivity index (χ3v) is 3.44. The fourth-order valence-electron chi connectivity index (χ4n) is 2.24. The molecule has 2 aromatic carbocycles. The third-order valence-electron chi connectivity index (χ3n) is 3.44. The molecule has 0 saturated carbocycles. The molecule has 0 fully saturated rings. The first-order valence-electron chi connectivity index (χ1n) is 6.72. The van der Waals surface area contributed by atoms with Crippen molar-refractivity contribution in [1.82, 2.24) is 0 Å². The summed E-state index contributed by atoms with van der Waals surface area (Å²) in [6.45, 7) is 0. The van der Waals surface area contributed by atoms with Crippen molar-refractivity contribution in [2.45, 2.75) is 12.3 Å². The number of carbonyl (C=O) groups is 1. The number of nitrogens with zero attached hydrogens (tertiary/aromatic N) is 1. The zero-order valence-electron chi connectivity index (χ0n) is 12.1. The summed E-state index contributed by atoms with van der Waals surface area (Å²) < 4.78 is 13.3. The molecule has 0 heterocycles. The molecule has 0 aromatic heterocycles. The molecule has 1 atom stereocenters. The zero-order valence-corrected chi connectivity index (χ0v) is 12.1. The normalized spacial score (nSPS) is 12.0. The highest BCUT2D eigenvalue weighted by molar-refractivity contribution is 5.76. The fourth-order valence-corrected chi connectivity index (χ4v) is 2.24. The molecule has 2 rings (SSSR count). The molecule has 1 N–H and O–H groups in total. The minimum Gasteiger partial charge on any atom is -0.481 e. The van der Waals surface area contributed by atoms with Crippen LogP contribution in [0.3, 0.4) is 0 Å². The number of carboxylic acid groups (broad SMARTS) is 1. The van der Waals surface area contributed by atoms with E-state index in [4.69, 9.17) is 0 Å². The van der Waals surface area contributed by atoms with Gasteiger partial charge in [0.15, 0.2) is 0 Å². The second kappa shape index (κ2) is 6.39. The molecule has 0 spiro atoms. The summed E-state index contributed by atoms with van der Waals surface area (Å²) in [5, 5.41) is 9.39. The van der Waals surface area contributed by atoms with Crippen LogP contribution in [0, 0.1) is 5.82 Å². The lowest BCUT2D eigenvalue weighted by molar-refractivity contribution is -0.138. The van der Waals surface area contributed by atoms with E-state index < -0.39 is 17.7 Å². The highest BCUT2D eigenvalue weighted by atomic mass is 19.1. The average molecular weight is 287 g/mol. The molecule has 0 amide bonds. The van der Waals surface area contributed by atoms with Crippen LogP contribution in [0.2, 0.25) is 0 Å². The van der Waals surface area contributed by atoms with Gasteiger partial charge in [-0.2, -0.15) is 0 Å². The number of halogens is 1. The van der Waals surface area contributed by atoms with Gasteiger partial charge in [-0.3, -0.25) is 4.79 Å². The van der Waals surface area contributed by atoms with Crippen molar-refractivity contribution >= 4 is 11.7 Å². The smallest absolute Gasteiger partial charge is 0.311 e. The fraction of sp³-hybridized carbons (Fsp3) is 0.235. The molecule has 0 aliphatic carbocycles. The predicted molar refractivity (Wildman–Crippen MR) is 81.2 cm³/mol. The molecule has 0 saturated heterocycles. The first kappa shape index (κ1) is 15.0. The maximum atomic E-state index is 13.3. The maximum absolute atomic E-state index is 13.3. The van der Waals surface area contributed by atoms with Gasteiger partial charge in [0.1, 0.15) is 5.82 Å². The van der Waals surface area contributed by atoms with E-state index in [0.29, 0.717) is 12.0 Å². The van der Waals surface area contributed by atoms with E-state index in [9.17, 15) is 14.3 Å². The van der Waals surface area contributed by atoms with E-state index in [1.807, 2.05) is 43.3 Å². The Kier molecular flexibility index (Phi) is 4.58. The Morgan fingerprint density at radius 1 is 1.19 bits per heavy atom. The summed E-state index contributed by atoms with van der Waals surface area (Å²) in [5.41, 5.74) is 2.45. The van der Waals surface area contributed by atoms with Gasteiger partial charge in [-0.25, -0.2) is 4.39 Å². The molecule has 3 nitrogen and oxygen atoms in total. The third kappa shape index (κ3) is 3.81. The van der Waals surface area contributed by atoms with E-state index in [1.165, 1.54) is 18.2 Å². The van der Waals surface area contributed by atoms with Crippen molar-refractivity contribution in [3.8, 4) is 0 Å². The summed E-state index contributed by atoms with van der Waals surface area (Å²) in [4.78, 5) is 13.4. The molecular formula is C17H18FNO2. The second-order valence-corrected chi connectivity index (χ2v) is 5.21. The van der Waals surface area contributed by atoms with Crippen LogP contribution in [0.4, 0.5) is 10.1 Å². The summed E-state index contributed by atoms with van der Waals surface area (Å²) in [6.07, 6.45) is 0.340. The van der Waals surface area contributed by atoms with Crippen LogP contribution in [-0.4, -0.2) is 25.2 Å². The SMILES string of the molecule is CN(C)c1ccc(CC(C(=O)O)c2cccc(F)c2)cc1. The Balaban J connectivity index is 2.22. The first-order valence-corrected chi connectivity index (χ1v) is 6.72. The largest absolute Gasteiger partial charge is 0.481 e. The van der Waals surface area contributed by atoms with Gasteiger partial charge in [-0.1, -0.05) is 24.3 Å². The molecule has 2 aromatic rings. The van der Waals surface area contributed by atoms with Crippen molar-refractivity contribution in [2.24, 2.45) is 0 Å². The average Bonchev–Trinajstić information content (AvgIpc) is 2.45. The number of benzene rings is 2. The number of aliphatic carboxylic acids is 1. The van der Waals surface area contributed by atoms with E-state index in [0.717, 1.165) is 11.3 Å². The minimum atomic E-state index is -0.947. The quantitative estimate of drug-likeness (QED) is 0.917. The van der Waals surface area contributed by atoms with Crippen molar-refractivity contribution < 1.29 is 14.3 Å². The van der Waals surface area contributed by atoms with E-state index in [1.54, 1.807) is 6.07 Å². The standard InChI is InChI=1S/C17H18FNO2/c1-19(2)15-8-6-12(7-9-15)10-16(17(20)21)13-4-3-5-14(18)11-13/h3-9,11,16H,10H2,1-2H3,(H,20,21). The number of carboxylic acids is 1. The van der Waals surface area contributed by atoms with E-state index >= 15 is 0 Å². The molecule has 0 radical (unpaired) electrons. The number of rotatable bonds is 5. The van der Waals surface area contributed by atoms with Crippen LogP contribution in [-0.2, 0) is 11.2 Å². The number of hydrogen-bond acceptors (Lipinski definition) is 2. The van der Waals surface area contributed by atoms with Gasteiger partial charge in [-0.15, -0.1) is 0 Å². The highest BCUT2D eigenvalue weighted by Gasteiger charge is 2.20. The molecule has 0 bridgehead atoms. The molecule has 0 aliphatic heterocycles. The van der Waals surface area contributed by atoms with Crippen LogP contribution in [0.5, 0.6) is 0 Å². The summed E-state index contributed by atoms with van der Waals surface area (Å²) in [5.74, 6) is -2.11. The number of anilines is 1. The van der Waals surface area contributed by atoms with Gasteiger partial charge in [-0.05, 0) is 41.8 Å². The first-order chi connectivity index (χ1) is 9.97. The van der Waals surface area contributed by atoms with Gasteiger partial charge in [0.25, 0.3) is 0 Å². The predicted octanol–water partition coefficient (Wildman–Crippen LogP) is 3.30. The minimum absolute atomic E-state index is 0.340. The van der Waals surface area contributed by atoms with Gasteiger partial charge in [0.05, 0.1) is 5.92 Å². The lowest BCUT2D eigenvalue weighted by Gasteiger charge is -2.15. The van der Waals surface area contributed by atoms with Crippen LogP contribution in [0.1, 0.15) is 17.0 Å². The van der Waals surface area contributed by atoms with Gasteiger partial charge >= 0.3 is 5.97 Å². The Labute approximate surface area is 123 Å². The van der Waals surface area contributed by atoms with Crippen LogP contribution in [0.25, 0.3) is 0 Å². The Hall–Kier alpha value is -2.36. The van der Waals surface area contributed by atoms with Crippen molar-refractivity contribution in [3.05, 3.63) is 65.5 Å². The molecule has 110 valence electrons. The zero-order chi connectivity index (χ0) is 15.4. The Bertz CT molecular complexity index is 623. The summed E-state index contributed by atoms with van der Waals surface area (Å²) in [7, 11) is 3.89. The van der Waals surface area contributed by atoms with Crippen LogP contribution in [0.15, 0.2) is 48.5 Å². The lowest BCUT2D eigenvalue weighted by atomic mass is 9.92. The van der Waals surface area contributed by atoms with E-state index in [-0.39, 0.29) is 0 Å². The van der Waals surface area contributed by atoms with Gasteiger partial charge in [0.2, 0.25) is 0 Å². The number of hydrogen-bond donors (Lipinski definition) is 1. The molecule has 21 heavy (non-hydrogen) atoms. The van der Waals surface area contributed by atoms with Crippen molar-refractivity contribution in [2.75, 3.05) is 19.0 Å². The summed E-state index contributed by atoms with van der Waals surface area (Å²) >= 11 is 0. The summed E-state index contributed by atoms with van der Waals surface area (Å²) in [6, 6.07) is 13.5. The lowest BCUT2D eigenvalue weighted by Crippen LogP contribution is -2.15. The molecule has 0 aliphatic rings. The Morgan fingerprint density at radius 2 is 1.86 bits per heavy atom. The van der Waals surface area contributed by atoms with Gasteiger partial charge in [0, 0.05) is 19.8 Å². The van der Waals surface area contributed by atoms with Crippen LogP contribution >= 0.6 is 0 Å². The Morgan fingerprint density at radius 3 is 2.38 bits per heavy atom. The van der Waals surface area contributed by atoms with Crippen molar-refractivity contribution in [3.63, 3.8) is 0 Å². The van der Waals surface area contributed by atoms with E-state index in [2.05, 4.69) is 0 Å². The van der Waals surface area contributed by atoms with Crippen LogP contribution < -0.4 is 4.90 Å². The second-order valence-electron chi connectivity index (χ2n) is 5.21. The molecule has 1 unspecified atom stereocenters. The monoisotopic (exact) mass is 287 g/mol. The molecule has 4 heteroatoms. The highest BCUT2D eigenvalue weighted by Crippen LogP contribution is 2.23. The maximum Gasteiger partial charge on any atom is 0.311 e. The molecular weight excluding hydrogens is 269 g/mol. The van der Waals surface area contributed by atoms with Gasteiger partial charge < -0.3 is 10.0 Å².